The van der Waals surface area contributed by atoms with Crippen molar-refractivity contribution in [1.29, 1.82) is 0 Å². The van der Waals surface area contributed by atoms with Gasteiger partial charge >= 0.3 is 0 Å². The van der Waals surface area contributed by atoms with Gasteiger partial charge in [-0.15, -0.1) is 0 Å². The van der Waals surface area contributed by atoms with Crippen molar-refractivity contribution in [1.82, 2.24) is 9.80 Å². The van der Waals surface area contributed by atoms with E-state index in [1.54, 1.807) is 36.8 Å². The fourth-order valence-corrected chi connectivity index (χ4v) is 2.98. The molecule has 0 fully saturated rings. The topological polar surface area (TPSA) is 91.0 Å². The van der Waals surface area contributed by atoms with Crippen molar-refractivity contribution in [2.45, 2.75) is 13.1 Å². The number of nitrogens with one attached hydrogen (secondary N) is 2. The van der Waals surface area contributed by atoms with Gasteiger partial charge in [-0.05, 0) is 62.6 Å². The maximum atomic E-state index is 12.2. The third kappa shape index (κ3) is 6.91. The lowest BCUT2D eigenvalue weighted by molar-refractivity contribution is -0.118. The molecular weight excluding hydrogens is 384 g/mol. The predicted molar refractivity (Wildman–Crippen MR) is 114 cm³/mol. The minimum absolute atomic E-state index is 0.125. The second kappa shape index (κ2) is 10.4. The van der Waals surface area contributed by atoms with Crippen molar-refractivity contribution >= 4 is 23.2 Å². The number of carbonyl (C=O) groups is 2. The number of furan rings is 2. The van der Waals surface area contributed by atoms with E-state index >= 15 is 0 Å². The van der Waals surface area contributed by atoms with Crippen LogP contribution in [-0.2, 0) is 22.7 Å². The minimum Gasteiger partial charge on any atom is -0.468 e. The smallest absolute Gasteiger partial charge is 0.238 e. The van der Waals surface area contributed by atoms with Gasteiger partial charge in [0.15, 0.2) is 0 Å². The molecule has 1 aromatic carbocycles. The van der Waals surface area contributed by atoms with Crippen LogP contribution >= 0.6 is 0 Å². The summed E-state index contributed by atoms with van der Waals surface area (Å²) in [6, 6.07) is 14.4. The zero-order valence-corrected chi connectivity index (χ0v) is 17.1. The number of anilines is 2. The Labute approximate surface area is 175 Å². The second-order valence-corrected chi connectivity index (χ2v) is 7.18. The Hall–Kier alpha value is -3.36. The summed E-state index contributed by atoms with van der Waals surface area (Å²) in [6.45, 7) is 1.59. The van der Waals surface area contributed by atoms with Gasteiger partial charge in [0.1, 0.15) is 11.5 Å². The van der Waals surface area contributed by atoms with Crippen LogP contribution in [0.1, 0.15) is 11.5 Å². The van der Waals surface area contributed by atoms with Gasteiger partial charge in [-0.2, -0.15) is 0 Å². The summed E-state index contributed by atoms with van der Waals surface area (Å²) >= 11 is 0. The highest BCUT2D eigenvalue weighted by atomic mass is 16.3. The number of nitrogens with zero attached hydrogens (tertiary/aromatic N) is 2. The zero-order chi connectivity index (χ0) is 21.3. The summed E-state index contributed by atoms with van der Waals surface area (Å²) in [5.41, 5.74) is 1.33. The standard InChI is InChI=1S/C22H26N4O4/c1-25(13-19-5-3-11-29-19)15-21(27)23-17-7-9-18(10-8-17)24-22(28)16-26(2)14-20-6-4-12-30-20/h3-12H,13-16H2,1-2H3,(H,23,27)(H,24,28). The molecule has 2 amide bonds. The number of hydrogen-bond donors (Lipinski definition) is 2. The van der Waals surface area contributed by atoms with Crippen LogP contribution in [0, 0.1) is 0 Å². The Balaban J connectivity index is 1.41. The number of likely N-dealkylation sites (N-methyl/N-ethyl adjacent to an activating group) is 2. The Morgan fingerprint density at radius 3 is 1.47 bits per heavy atom. The third-order valence-corrected chi connectivity index (χ3v) is 4.29. The van der Waals surface area contributed by atoms with E-state index in [1.165, 1.54) is 0 Å². The van der Waals surface area contributed by atoms with Crippen molar-refractivity contribution in [3.63, 3.8) is 0 Å². The first-order valence-corrected chi connectivity index (χ1v) is 9.59. The van der Waals surface area contributed by atoms with Gasteiger partial charge in [0.2, 0.25) is 11.8 Å². The highest BCUT2D eigenvalue weighted by Gasteiger charge is 2.11. The molecule has 0 aliphatic heterocycles. The van der Waals surface area contributed by atoms with Gasteiger partial charge in [-0.3, -0.25) is 19.4 Å². The molecule has 0 aliphatic carbocycles. The van der Waals surface area contributed by atoms with Crippen LogP contribution in [0.3, 0.4) is 0 Å². The van der Waals surface area contributed by atoms with Gasteiger partial charge in [-0.25, -0.2) is 0 Å². The summed E-state index contributed by atoms with van der Waals surface area (Å²) in [7, 11) is 3.70. The van der Waals surface area contributed by atoms with Crippen molar-refractivity contribution in [2.75, 3.05) is 37.8 Å². The van der Waals surface area contributed by atoms with Crippen molar-refractivity contribution in [3.05, 3.63) is 72.6 Å². The summed E-state index contributed by atoms with van der Waals surface area (Å²) in [4.78, 5) is 28.1. The molecule has 0 saturated carbocycles. The first kappa shape index (κ1) is 21.4. The molecule has 8 heteroatoms. The molecule has 0 bridgehead atoms. The fourth-order valence-electron chi connectivity index (χ4n) is 2.98. The van der Waals surface area contributed by atoms with E-state index in [0.717, 1.165) is 11.5 Å². The third-order valence-electron chi connectivity index (χ3n) is 4.29. The molecule has 3 aromatic rings. The maximum absolute atomic E-state index is 12.2. The van der Waals surface area contributed by atoms with Crippen LogP contribution in [-0.4, -0.2) is 48.8 Å². The molecule has 2 aromatic heterocycles. The molecule has 3 rings (SSSR count). The van der Waals surface area contributed by atoms with Crippen LogP contribution in [0.25, 0.3) is 0 Å². The Kier molecular flexibility index (Phi) is 7.42. The average molecular weight is 410 g/mol. The number of carbonyl (C=O) groups excluding carboxylic acids is 2. The fraction of sp³-hybridized carbons (Fsp3) is 0.273. The number of hydrogen-bond acceptors (Lipinski definition) is 6. The van der Waals surface area contributed by atoms with E-state index in [-0.39, 0.29) is 24.9 Å². The molecule has 158 valence electrons. The van der Waals surface area contributed by atoms with Gasteiger partial charge in [0.05, 0.1) is 38.7 Å². The highest BCUT2D eigenvalue weighted by Crippen LogP contribution is 2.14. The molecule has 0 aliphatic rings. The van der Waals surface area contributed by atoms with Gasteiger partial charge in [-0.1, -0.05) is 0 Å². The van der Waals surface area contributed by atoms with Gasteiger partial charge < -0.3 is 19.5 Å². The van der Waals surface area contributed by atoms with Crippen LogP contribution in [0.4, 0.5) is 11.4 Å². The van der Waals surface area contributed by atoms with Crippen LogP contribution in [0.2, 0.25) is 0 Å². The Morgan fingerprint density at radius 1 is 0.733 bits per heavy atom. The molecule has 2 N–H and O–H groups in total. The summed E-state index contributed by atoms with van der Waals surface area (Å²) in [5, 5.41) is 5.69. The van der Waals surface area contributed by atoms with Crippen LogP contribution in [0.5, 0.6) is 0 Å². The molecular formula is C22H26N4O4. The van der Waals surface area contributed by atoms with Gasteiger partial charge in [0.25, 0.3) is 0 Å². The van der Waals surface area contributed by atoms with E-state index < -0.39 is 0 Å². The molecule has 0 radical (unpaired) electrons. The van der Waals surface area contributed by atoms with Crippen molar-refractivity contribution in [2.24, 2.45) is 0 Å². The quantitative estimate of drug-likeness (QED) is 0.534. The first-order valence-electron chi connectivity index (χ1n) is 9.59. The molecule has 8 nitrogen and oxygen atoms in total. The highest BCUT2D eigenvalue weighted by molar-refractivity contribution is 5.94. The Bertz CT molecular complexity index is 843. The molecule has 2 heterocycles. The van der Waals surface area contributed by atoms with E-state index in [1.807, 2.05) is 48.2 Å². The molecule has 0 unspecified atom stereocenters. The average Bonchev–Trinajstić information content (AvgIpc) is 3.37. The van der Waals surface area contributed by atoms with Crippen LogP contribution < -0.4 is 10.6 Å². The molecule has 0 spiro atoms. The first-order chi connectivity index (χ1) is 14.5. The lowest BCUT2D eigenvalue weighted by Crippen LogP contribution is -2.30. The molecule has 0 saturated heterocycles. The molecule has 30 heavy (non-hydrogen) atoms. The van der Waals surface area contributed by atoms with E-state index in [9.17, 15) is 9.59 Å². The zero-order valence-electron chi connectivity index (χ0n) is 17.1. The van der Waals surface area contributed by atoms with Crippen LogP contribution in [0.15, 0.2) is 69.9 Å². The summed E-state index contributed by atoms with van der Waals surface area (Å²) < 4.78 is 10.6. The maximum Gasteiger partial charge on any atom is 0.238 e. The minimum atomic E-state index is -0.125. The van der Waals surface area contributed by atoms with Crippen molar-refractivity contribution < 1.29 is 18.4 Å². The lowest BCUT2D eigenvalue weighted by atomic mass is 10.2. The molecule has 0 atom stereocenters. The Morgan fingerprint density at radius 2 is 1.13 bits per heavy atom. The largest absolute Gasteiger partial charge is 0.468 e. The summed E-state index contributed by atoms with van der Waals surface area (Å²) in [6.07, 6.45) is 3.22. The SMILES string of the molecule is CN(CC(=O)Nc1ccc(NC(=O)CN(C)Cc2ccco2)cc1)Cc1ccco1. The normalized spacial score (nSPS) is 11.1. The summed E-state index contributed by atoms with van der Waals surface area (Å²) in [5.74, 6) is 1.36. The monoisotopic (exact) mass is 410 g/mol. The number of benzene rings is 1. The van der Waals surface area contributed by atoms with E-state index in [0.29, 0.717) is 24.5 Å². The van der Waals surface area contributed by atoms with Crippen molar-refractivity contribution in [3.8, 4) is 0 Å². The lowest BCUT2D eigenvalue weighted by Gasteiger charge is -2.16. The van der Waals surface area contributed by atoms with Gasteiger partial charge in [0, 0.05) is 11.4 Å². The number of amides is 2. The second-order valence-electron chi connectivity index (χ2n) is 7.18. The predicted octanol–water partition coefficient (Wildman–Crippen LogP) is 3.01. The van der Waals surface area contributed by atoms with E-state index in [2.05, 4.69) is 10.6 Å². The number of rotatable bonds is 10. The van der Waals surface area contributed by atoms with E-state index in [4.69, 9.17) is 8.83 Å².